The van der Waals surface area contributed by atoms with Gasteiger partial charge in [-0.3, -0.25) is 0 Å². The van der Waals surface area contributed by atoms with E-state index in [-0.39, 0.29) is 11.9 Å². The first-order chi connectivity index (χ1) is 8.99. The van der Waals surface area contributed by atoms with Gasteiger partial charge in [0.2, 0.25) is 0 Å². The molecule has 1 atom stereocenters. The summed E-state index contributed by atoms with van der Waals surface area (Å²) in [5, 5.41) is 3.38. The van der Waals surface area contributed by atoms with Crippen molar-refractivity contribution in [1.82, 2.24) is 5.32 Å². The molecule has 1 aromatic carbocycles. The van der Waals surface area contributed by atoms with Gasteiger partial charge in [0.1, 0.15) is 17.3 Å². The second-order valence-corrected chi connectivity index (χ2v) is 5.48. The van der Waals surface area contributed by atoms with Crippen molar-refractivity contribution >= 4 is 15.9 Å². The molecule has 0 bridgehead atoms. The Morgan fingerprint density at radius 1 is 1.37 bits per heavy atom. The summed E-state index contributed by atoms with van der Waals surface area (Å²) in [7, 11) is 0. The van der Waals surface area contributed by atoms with Gasteiger partial charge in [0, 0.05) is 18.2 Å². The van der Waals surface area contributed by atoms with Crippen LogP contribution in [0.2, 0.25) is 0 Å². The molecule has 2 aromatic rings. The molecule has 0 saturated heterocycles. The lowest BCUT2D eigenvalue weighted by molar-refractivity contribution is 0.489. The predicted molar refractivity (Wildman–Crippen MR) is 77.5 cm³/mol. The lowest BCUT2D eigenvalue weighted by atomic mass is 10.1. The Morgan fingerprint density at radius 2 is 2.11 bits per heavy atom. The van der Waals surface area contributed by atoms with E-state index in [4.69, 9.17) is 4.42 Å². The predicted octanol–water partition coefficient (Wildman–Crippen LogP) is 4.65. The molecule has 0 radical (unpaired) electrons. The Hall–Kier alpha value is -1.13. The fraction of sp³-hybridized carbons (Fsp3) is 0.333. The molecule has 1 aromatic heterocycles. The van der Waals surface area contributed by atoms with Gasteiger partial charge in [0.05, 0.1) is 4.47 Å². The highest BCUT2D eigenvalue weighted by atomic mass is 79.9. The normalized spacial score (nSPS) is 12.7. The third-order valence-corrected chi connectivity index (χ3v) is 4.06. The fourth-order valence-corrected chi connectivity index (χ4v) is 2.54. The van der Waals surface area contributed by atoms with Crippen molar-refractivity contribution in [3.05, 3.63) is 57.2 Å². The van der Waals surface area contributed by atoms with Crippen LogP contribution in [-0.4, -0.2) is 0 Å². The summed E-state index contributed by atoms with van der Waals surface area (Å²) in [6.45, 7) is 6.57. The van der Waals surface area contributed by atoms with E-state index in [9.17, 15) is 4.39 Å². The number of furan rings is 1. The van der Waals surface area contributed by atoms with Crippen molar-refractivity contribution in [2.24, 2.45) is 0 Å². The Balaban J connectivity index is 2.06. The number of hydrogen-bond donors (Lipinski definition) is 1. The molecule has 4 heteroatoms. The maximum absolute atomic E-state index is 13.4. The molecule has 0 aliphatic rings. The highest BCUT2D eigenvalue weighted by Crippen LogP contribution is 2.24. The van der Waals surface area contributed by atoms with Gasteiger partial charge in [-0.15, -0.1) is 0 Å². The Bertz CT molecular complexity index is 580. The third kappa shape index (κ3) is 3.25. The molecule has 19 heavy (non-hydrogen) atoms. The van der Waals surface area contributed by atoms with E-state index in [0.717, 1.165) is 22.6 Å². The molecule has 2 nitrogen and oxygen atoms in total. The number of aryl methyl sites for hydroxylation is 2. The molecule has 0 amide bonds. The Kier molecular flexibility index (Phi) is 4.42. The first kappa shape index (κ1) is 14.3. The number of benzene rings is 1. The van der Waals surface area contributed by atoms with Crippen molar-refractivity contribution < 1.29 is 8.81 Å². The highest BCUT2D eigenvalue weighted by molar-refractivity contribution is 9.10. The quantitative estimate of drug-likeness (QED) is 0.885. The summed E-state index contributed by atoms with van der Waals surface area (Å²) in [6, 6.07) is 7.26. The first-order valence-electron chi connectivity index (χ1n) is 6.22. The second kappa shape index (κ2) is 5.88. The number of halogens is 2. The zero-order valence-corrected chi connectivity index (χ0v) is 12.8. The minimum absolute atomic E-state index is 0.160. The van der Waals surface area contributed by atoms with Crippen LogP contribution in [-0.2, 0) is 6.54 Å². The van der Waals surface area contributed by atoms with E-state index < -0.39 is 0 Å². The summed E-state index contributed by atoms with van der Waals surface area (Å²) in [6.07, 6.45) is 0. The summed E-state index contributed by atoms with van der Waals surface area (Å²) < 4.78 is 19.4. The maximum Gasteiger partial charge on any atom is 0.137 e. The van der Waals surface area contributed by atoms with Crippen molar-refractivity contribution in [2.45, 2.75) is 33.4 Å². The average Bonchev–Trinajstić information content (AvgIpc) is 2.70. The maximum atomic E-state index is 13.4. The number of rotatable bonds is 4. The van der Waals surface area contributed by atoms with Crippen LogP contribution in [0.25, 0.3) is 0 Å². The van der Waals surface area contributed by atoms with Gasteiger partial charge < -0.3 is 9.73 Å². The monoisotopic (exact) mass is 325 g/mol. The number of nitrogens with one attached hydrogen (secondary N) is 1. The van der Waals surface area contributed by atoms with E-state index in [0.29, 0.717) is 11.0 Å². The zero-order chi connectivity index (χ0) is 14.0. The molecule has 1 N–H and O–H groups in total. The van der Waals surface area contributed by atoms with Crippen molar-refractivity contribution in [3.63, 3.8) is 0 Å². The molecule has 1 unspecified atom stereocenters. The molecule has 0 aliphatic heterocycles. The van der Waals surface area contributed by atoms with Gasteiger partial charge in [-0.25, -0.2) is 4.39 Å². The SMILES string of the molecule is Cc1cc(C(C)NCc2cccc(F)c2Br)c(C)o1. The van der Waals surface area contributed by atoms with E-state index >= 15 is 0 Å². The smallest absolute Gasteiger partial charge is 0.137 e. The fourth-order valence-electron chi connectivity index (χ4n) is 2.14. The van der Waals surface area contributed by atoms with Crippen LogP contribution in [0, 0.1) is 19.7 Å². The largest absolute Gasteiger partial charge is 0.466 e. The summed E-state index contributed by atoms with van der Waals surface area (Å²) >= 11 is 3.27. The second-order valence-electron chi connectivity index (χ2n) is 4.68. The van der Waals surface area contributed by atoms with E-state index in [1.54, 1.807) is 6.07 Å². The van der Waals surface area contributed by atoms with E-state index in [2.05, 4.69) is 28.2 Å². The van der Waals surface area contributed by atoms with Crippen LogP contribution in [0.1, 0.15) is 35.6 Å². The van der Waals surface area contributed by atoms with Crippen LogP contribution in [0.4, 0.5) is 4.39 Å². The molecule has 0 spiro atoms. The number of hydrogen-bond acceptors (Lipinski definition) is 2. The molecule has 0 fully saturated rings. The van der Waals surface area contributed by atoms with Crippen LogP contribution in [0.3, 0.4) is 0 Å². The third-order valence-electron chi connectivity index (χ3n) is 3.18. The Labute approximate surface area is 121 Å². The average molecular weight is 326 g/mol. The van der Waals surface area contributed by atoms with Crippen LogP contribution < -0.4 is 5.32 Å². The molecule has 0 aliphatic carbocycles. The van der Waals surface area contributed by atoms with Gasteiger partial charge in [-0.2, -0.15) is 0 Å². The van der Waals surface area contributed by atoms with Gasteiger partial charge >= 0.3 is 0 Å². The highest BCUT2D eigenvalue weighted by Gasteiger charge is 2.13. The van der Waals surface area contributed by atoms with Crippen molar-refractivity contribution in [3.8, 4) is 0 Å². The Morgan fingerprint density at radius 3 is 2.74 bits per heavy atom. The van der Waals surface area contributed by atoms with Crippen molar-refractivity contribution in [2.75, 3.05) is 0 Å². The summed E-state index contributed by atoms with van der Waals surface area (Å²) in [4.78, 5) is 0. The van der Waals surface area contributed by atoms with E-state index in [1.165, 1.54) is 6.07 Å². The van der Waals surface area contributed by atoms with Crippen LogP contribution in [0.15, 0.2) is 33.2 Å². The van der Waals surface area contributed by atoms with Gasteiger partial charge in [-0.1, -0.05) is 12.1 Å². The lowest BCUT2D eigenvalue weighted by Crippen LogP contribution is -2.18. The van der Waals surface area contributed by atoms with Crippen molar-refractivity contribution in [1.29, 1.82) is 0 Å². The molecule has 2 rings (SSSR count). The van der Waals surface area contributed by atoms with Crippen LogP contribution >= 0.6 is 15.9 Å². The van der Waals surface area contributed by atoms with Gasteiger partial charge in [-0.05, 0) is 54.4 Å². The molecular formula is C15H17BrFNO. The molecule has 1 heterocycles. The summed E-state index contributed by atoms with van der Waals surface area (Å²) in [5.74, 6) is 1.60. The minimum atomic E-state index is -0.234. The van der Waals surface area contributed by atoms with Crippen LogP contribution in [0.5, 0.6) is 0 Å². The van der Waals surface area contributed by atoms with Gasteiger partial charge in [0.15, 0.2) is 0 Å². The lowest BCUT2D eigenvalue weighted by Gasteiger charge is -2.14. The first-order valence-corrected chi connectivity index (χ1v) is 7.01. The van der Waals surface area contributed by atoms with Gasteiger partial charge in [0.25, 0.3) is 0 Å². The molecular weight excluding hydrogens is 309 g/mol. The minimum Gasteiger partial charge on any atom is -0.466 e. The molecule has 0 saturated carbocycles. The topological polar surface area (TPSA) is 25.2 Å². The summed E-state index contributed by atoms with van der Waals surface area (Å²) in [5.41, 5.74) is 2.05. The standard InChI is InChI=1S/C15H17BrFNO/c1-9-7-13(11(3)19-9)10(2)18-8-12-5-4-6-14(17)15(12)16/h4-7,10,18H,8H2,1-3H3. The zero-order valence-electron chi connectivity index (χ0n) is 11.3. The molecule has 102 valence electrons. The van der Waals surface area contributed by atoms with E-state index in [1.807, 2.05) is 26.0 Å².